The largest absolute Gasteiger partial charge is 0.316 e. The standard InChI is InChI=1S/C19H31N/c1-5-12-20-15-19(13-18(6-2,7-3)14-19)17-11-9-8-10-16(17)4/h8-11,20H,5-7,12-15H2,1-4H3. The van der Waals surface area contributed by atoms with Crippen molar-refractivity contribution in [2.75, 3.05) is 13.1 Å². The van der Waals surface area contributed by atoms with Crippen molar-refractivity contribution in [2.45, 2.75) is 65.2 Å². The number of nitrogens with one attached hydrogen (secondary N) is 1. The first kappa shape index (κ1) is 15.6. The van der Waals surface area contributed by atoms with Crippen LogP contribution in [0, 0.1) is 12.3 Å². The van der Waals surface area contributed by atoms with E-state index in [0.29, 0.717) is 10.8 Å². The van der Waals surface area contributed by atoms with Crippen LogP contribution in [-0.4, -0.2) is 13.1 Å². The van der Waals surface area contributed by atoms with Crippen molar-refractivity contribution < 1.29 is 0 Å². The number of rotatable bonds is 7. The second-order valence-electron chi connectivity index (χ2n) is 6.83. The fraction of sp³-hybridized carbons (Fsp3) is 0.684. The summed E-state index contributed by atoms with van der Waals surface area (Å²) in [5, 5.41) is 3.69. The van der Waals surface area contributed by atoms with Crippen LogP contribution < -0.4 is 5.32 Å². The molecule has 0 atom stereocenters. The zero-order valence-electron chi connectivity index (χ0n) is 13.8. The van der Waals surface area contributed by atoms with Crippen LogP contribution in [0.1, 0.15) is 64.0 Å². The third kappa shape index (κ3) is 2.79. The summed E-state index contributed by atoms with van der Waals surface area (Å²) in [6, 6.07) is 9.01. The number of benzene rings is 1. The molecular weight excluding hydrogens is 242 g/mol. The first-order valence-electron chi connectivity index (χ1n) is 8.38. The van der Waals surface area contributed by atoms with E-state index in [0.717, 1.165) is 13.1 Å². The Bertz CT molecular complexity index is 423. The van der Waals surface area contributed by atoms with Gasteiger partial charge in [-0.15, -0.1) is 0 Å². The summed E-state index contributed by atoms with van der Waals surface area (Å²) < 4.78 is 0. The van der Waals surface area contributed by atoms with E-state index in [9.17, 15) is 0 Å². The lowest BCUT2D eigenvalue weighted by Crippen LogP contribution is -2.54. The first-order valence-corrected chi connectivity index (χ1v) is 8.38. The molecule has 0 heterocycles. The summed E-state index contributed by atoms with van der Waals surface area (Å²) >= 11 is 0. The fourth-order valence-corrected chi connectivity index (χ4v) is 4.22. The zero-order chi connectivity index (χ0) is 14.6. The Morgan fingerprint density at radius 1 is 1.05 bits per heavy atom. The summed E-state index contributed by atoms with van der Waals surface area (Å²) in [4.78, 5) is 0. The molecule has 0 amide bonds. The van der Waals surface area contributed by atoms with Crippen molar-refractivity contribution >= 4 is 0 Å². The minimum absolute atomic E-state index is 0.381. The van der Waals surface area contributed by atoms with E-state index in [2.05, 4.69) is 57.3 Å². The first-order chi connectivity index (χ1) is 9.61. The highest BCUT2D eigenvalue weighted by molar-refractivity contribution is 5.37. The second-order valence-corrected chi connectivity index (χ2v) is 6.83. The van der Waals surface area contributed by atoms with Crippen molar-refractivity contribution in [3.05, 3.63) is 35.4 Å². The summed E-state index contributed by atoms with van der Waals surface area (Å²) in [5.41, 5.74) is 4.02. The van der Waals surface area contributed by atoms with Gasteiger partial charge in [0.05, 0.1) is 0 Å². The lowest BCUT2D eigenvalue weighted by Gasteiger charge is -2.57. The van der Waals surface area contributed by atoms with Gasteiger partial charge in [-0.05, 0) is 49.3 Å². The van der Waals surface area contributed by atoms with E-state index in [1.807, 2.05) is 0 Å². The summed E-state index contributed by atoms with van der Waals surface area (Å²) in [6.45, 7) is 11.5. The van der Waals surface area contributed by atoms with Crippen molar-refractivity contribution in [3.8, 4) is 0 Å². The van der Waals surface area contributed by atoms with E-state index < -0.39 is 0 Å². The highest BCUT2D eigenvalue weighted by Crippen LogP contribution is 2.59. The minimum Gasteiger partial charge on any atom is -0.316 e. The van der Waals surface area contributed by atoms with Crippen LogP contribution in [0.25, 0.3) is 0 Å². The maximum Gasteiger partial charge on any atom is 0.00909 e. The van der Waals surface area contributed by atoms with Gasteiger partial charge in [0.1, 0.15) is 0 Å². The predicted octanol–water partition coefficient (Wildman–Crippen LogP) is 4.83. The molecule has 20 heavy (non-hydrogen) atoms. The van der Waals surface area contributed by atoms with Gasteiger partial charge in [-0.1, -0.05) is 57.9 Å². The molecule has 1 aliphatic carbocycles. The summed E-state index contributed by atoms with van der Waals surface area (Å²) in [6.07, 6.45) is 6.58. The van der Waals surface area contributed by atoms with Gasteiger partial charge in [0.2, 0.25) is 0 Å². The molecule has 0 aliphatic heterocycles. The molecule has 0 aromatic heterocycles. The summed E-state index contributed by atoms with van der Waals surface area (Å²) in [7, 11) is 0. The quantitative estimate of drug-likeness (QED) is 0.701. The van der Waals surface area contributed by atoms with Crippen LogP contribution in [0.15, 0.2) is 24.3 Å². The van der Waals surface area contributed by atoms with E-state index in [4.69, 9.17) is 0 Å². The topological polar surface area (TPSA) is 12.0 Å². The number of hydrogen-bond donors (Lipinski definition) is 1. The highest BCUT2D eigenvalue weighted by atomic mass is 14.9. The Morgan fingerprint density at radius 3 is 2.25 bits per heavy atom. The fourth-order valence-electron chi connectivity index (χ4n) is 4.22. The smallest absolute Gasteiger partial charge is 0.00909 e. The van der Waals surface area contributed by atoms with Crippen LogP contribution in [0.5, 0.6) is 0 Å². The number of hydrogen-bond acceptors (Lipinski definition) is 1. The molecule has 112 valence electrons. The third-order valence-electron chi connectivity index (χ3n) is 5.53. The summed E-state index contributed by atoms with van der Waals surface area (Å²) in [5.74, 6) is 0. The Morgan fingerprint density at radius 2 is 1.70 bits per heavy atom. The molecule has 2 rings (SSSR count). The highest BCUT2D eigenvalue weighted by Gasteiger charge is 2.53. The molecule has 0 spiro atoms. The SMILES string of the molecule is CCCNCC1(c2ccccc2C)CC(CC)(CC)C1. The molecule has 1 heteroatoms. The van der Waals surface area contributed by atoms with E-state index in [-0.39, 0.29) is 0 Å². The molecule has 1 aromatic carbocycles. The van der Waals surface area contributed by atoms with E-state index in [1.165, 1.54) is 37.7 Å². The Balaban J connectivity index is 2.21. The lowest BCUT2D eigenvalue weighted by atomic mass is 9.48. The van der Waals surface area contributed by atoms with Crippen LogP contribution in [-0.2, 0) is 5.41 Å². The average Bonchev–Trinajstić information content (AvgIpc) is 2.43. The van der Waals surface area contributed by atoms with Crippen LogP contribution >= 0.6 is 0 Å². The Labute approximate surface area is 125 Å². The van der Waals surface area contributed by atoms with Crippen molar-refractivity contribution in [3.63, 3.8) is 0 Å². The maximum atomic E-state index is 3.69. The van der Waals surface area contributed by atoms with Crippen molar-refractivity contribution in [1.29, 1.82) is 0 Å². The molecule has 1 fully saturated rings. The lowest BCUT2D eigenvalue weighted by molar-refractivity contribution is 0.0126. The molecule has 1 nitrogen and oxygen atoms in total. The predicted molar refractivity (Wildman–Crippen MR) is 88.3 cm³/mol. The third-order valence-corrected chi connectivity index (χ3v) is 5.53. The molecule has 0 radical (unpaired) electrons. The van der Waals surface area contributed by atoms with Gasteiger partial charge in [0, 0.05) is 12.0 Å². The molecular formula is C19H31N. The minimum atomic E-state index is 0.381. The monoisotopic (exact) mass is 273 g/mol. The van der Waals surface area contributed by atoms with Gasteiger partial charge in [-0.3, -0.25) is 0 Å². The molecule has 0 saturated heterocycles. The maximum absolute atomic E-state index is 3.69. The van der Waals surface area contributed by atoms with Crippen LogP contribution in [0.4, 0.5) is 0 Å². The van der Waals surface area contributed by atoms with Crippen LogP contribution in [0.3, 0.4) is 0 Å². The van der Waals surface area contributed by atoms with Crippen molar-refractivity contribution in [1.82, 2.24) is 5.32 Å². The average molecular weight is 273 g/mol. The van der Waals surface area contributed by atoms with Gasteiger partial charge in [-0.25, -0.2) is 0 Å². The Hall–Kier alpha value is -0.820. The van der Waals surface area contributed by atoms with Gasteiger partial charge in [0.25, 0.3) is 0 Å². The number of aryl methyl sites for hydroxylation is 1. The van der Waals surface area contributed by atoms with Gasteiger partial charge in [0.15, 0.2) is 0 Å². The van der Waals surface area contributed by atoms with Gasteiger partial charge >= 0.3 is 0 Å². The second kappa shape index (κ2) is 6.30. The molecule has 1 aliphatic rings. The normalized spacial score (nSPS) is 19.6. The molecule has 0 bridgehead atoms. The van der Waals surface area contributed by atoms with Gasteiger partial charge in [-0.2, -0.15) is 0 Å². The molecule has 1 saturated carbocycles. The molecule has 0 unspecified atom stereocenters. The molecule has 1 N–H and O–H groups in total. The van der Waals surface area contributed by atoms with Crippen LogP contribution in [0.2, 0.25) is 0 Å². The van der Waals surface area contributed by atoms with E-state index >= 15 is 0 Å². The Kier molecular flexibility index (Phi) is 4.90. The van der Waals surface area contributed by atoms with Crippen molar-refractivity contribution in [2.24, 2.45) is 5.41 Å². The van der Waals surface area contributed by atoms with Gasteiger partial charge < -0.3 is 5.32 Å². The molecule has 1 aromatic rings. The zero-order valence-corrected chi connectivity index (χ0v) is 13.8. The van der Waals surface area contributed by atoms with E-state index in [1.54, 1.807) is 5.56 Å².